The van der Waals surface area contributed by atoms with E-state index in [0.717, 1.165) is 5.69 Å². The fourth-order valence-corrected chi connectivity index (χ4v) is 4.55. The molecule has 0 aliphatic carbocycles. The van der Waals surface area contributed by atoms with Gasteiger partial charge in [0.25, 0.3) is 11.8 Å². The van der Waals surface area contributed by atoms with Crippen molar-refractivity contribution in [1.82, 2.24) is 4.90 Å². The molecule has 0 atom stereocenters. The number of hydrogen-bond donors (Lipinski definition) is 1. The first-order chi connectivity index (χ1) is 19.2. The van der Waals surface area contributed by atoms with Crippen LogP contribution in [-0.2, 0) is 14.9 Å². The molecule has 2 amide bonds. The molecule has 1 aliphatic rings. The lowest BCUT2D eigenvalue weighted by Crippen LogP contribution is -2.49. The molecule has 4 rings (SSSR count). The average Bonchev–Trinajstić information content (AvgIpc) is 2.96. The van der Waals surface area contributed by atoms with Crippen molar-refractivity contribution in [2.75, 3.05) is 49.6 Å². The van der Waals surface area contributed by atoms with Gasteiger partial charge in [-0.05, 0) is 60.4 Å². The van der Waals surface area contributed by atoms with Gasteiger partial charge in [0, 0.05) is 31.7 Å². The largest absolute Gasteiger partial charge is 0.484 e. The fraction of sp³-hybridized carbons (Fsp3) is 0.344. The number of nitrogens with zero attached hydrogens (tertiary/aromatic N) is 2. The third-order valence-electron chi connectivity index (χ3n) is 6.80. The molecule has 210 valence electrons. The summed E-state index contributed by atoms with van der Waals surface area (Å²) in [6, 6.07) is 22.1. The highest BCUT2D eigenvalue weighted by Crippen LogP contribution is 2.29. The third-order valence-corrected chi connectivity index (χ3v) is 6.80. The van der Waals surface area contributed by atoms with E-state index in [2.05, 4.69) is 31.0 Å². The van der Waals surface area contributed by atoms with Gasteiger partial charge in [-0.3, -0.25) is 9.59 Å². The van der Waals surface area contributed by atoms with E-state index in [4.69, 9.17) is 9.47 Å². The Morgan fingerprint density at radius 1 is 0.850 bits per heavy atom. The second-order valence-corrected chi connectivity index (χ2v) is 10.7. The van der Waals surface area contributed by atoms with Crippen molar-refractivity contribution in [3.05, 3.63) is 89.5 Å². The van der Waals surface area contributed by atoms with Gasteiger partial charge in [0.15, 0.2) is 6.61 Å². The van der Waals surface area contributed by atoms with E-state index >= 15 is 0 Å². The molecule has 0 aromatic heterocycles. The van der Waals surface area contributed by atoms with Crippen LogP contribution >= 0.6 is 0 Å². The van der Waals surface area contributed by atoms with Crippen LogP contribution in [0.5, 0.6) is 5.75 Å². The van der Waals surface area contributed by atoms with Crippen LogP contribution in [0.1, 0.15) is 54.0 Å². The highest BCUT2D eigenvalue weighted by Gasteiger charge is 2.25. The van der Waals surface area contributed by atoms with E-state index in [9.17, 15) is 14.4 Å². The zero-order valence-electron chi connectivity index (χ0n) is 23.6. The lowest BCUT2D eigenvalue weighted by molar-refractivity contribution is -0.118. The Morgan fingerprint density at radius 3 is 2.15 bits per heavy atom. The number of amides is 2. The molecule has 8 heteroatoms. The zero-order valence-corrected chi connectivity index (χ0v) is 23.6. The quantitative estimate of drug-likeness (QED) is 0.396. The number of nitrogens with one attached hydrogen (secondary N) is 1. The fourth-order valence-electron chi connectivity index (χ4n) is 4.55. The van der Waals surface area contributed by atoms with Gasteiger partial charge in [0.2, 0.25) is 0 Å². The Balaban J connectivity index is 1.45. The van der Waals surface area contributed by atoms with Gasteiger partial charge in [-0.15, -0.1) is 0 Å². The first-order valence-corrected chi connectivity index (χ1v) is 13.6. The van der Waals surface area contributed by atoms with Crippen molar-refractivity contribution in [2.24, 2.45) is 0 Å². The summed E-state index contributed by atoms with van der Waals surface area (Å²) in [6.45, 7) is 10.5. The standard InChI is InChI=1S/C32H37N3O5/c1-5-39-31(38)24-11-16-28(34-17-19-35(20-18-34)30(37)23-9-7-6-8-10-23)27(21-24)33-29(36)22-40-26-14-12-25(13-15-26)32(2,3)4/h6-16,21H,5,17-20,22H2,1-4H3,(H,33,36). The van der Waals surface area contributed by atoms with Gasteiger partial charge in [0.1, 0.15) is 5.75 Å². The molecule has 8 nitrogen and oxygen atoms in total. The van der Waals surface area contributed by atoms with E-state index in [0.29, 0.717) is 48.7 Å². The highest BCUT2D eigenvalue weighted by atomic mass is 16.5. The summed E-state index contributed by atoms with van der Waals surface area (Å²) in [5.74, 6) is -0.208. The molecule has 0 bridgehead atoms. The maximum Gasteiger partial charge on any atom is 0.338 e. The van der Waals surface area contributed by atoms with Gasteiger partial charge in [-0.2, -0.15) is 0 Å². The number of carbonyl (C=O) groups excluding carboxylic acids is 3. The second-order valence-electron chi connectivity index (χ2n) is 10.7. The maximum atomic E-state index is 12.9. The smallest absolute Gasteiger partial charge is 0.338 e. The van der Waals surface area contributed by atoms with Crippen molar-refractivity contribution in [1.29, 1.82) is 0 Å². The molecule has 0 spiro atoms. The highest BCUT2D eigenvalue weighted by molar-refractivity contribution is 5.99. The summed E-state index contributed by atoms with van der Waals surface area (Å²) in [5, 5.41) is 2.92. The van der Waals surface area contributed by atoms with Gasteiger partial charge in [-0.1, -0.05) is 51.1 Å². The van der Waals surface area contributed by atoms with E-state index < -0.39 is 5.97 Å². The first-order valence-electron chi connectivity index (χ1n) is 13.6. The van der Waals surface area contributed by atoms with E-state index in [1.807, 2.05) is 65.6 Å². The van der Waals surface area contributed by atoms with Crippen molar-refractivity contribution in [3.8, 4) is 5.75 Å². The van der Waals surface area contributed by atoms with Crippen LogP contribution < -0.4 is 15.0 Å². The maximum absolute atomic E-state index is 12.9. The number of esters is 1. The van der Waals surface area contributed by atoms with Gasteiger partial charge in [-0.25, -0.2) is 4.79 Å². The molecule has 1 heterocycles. The average molecular weight is 544 g/mol. The Hall–Kier alpha value is -4.33. The van der Waals surface area contributed by atoms with Crippen LogP contribution in [0.2, 0.25) is 0 Å². The lowest BCUT2D eigenvalue weighted by atomic mass is 9.87. The van der Waals surface area contributed by atoms with Crippen LogP contribution in [0, 0.1) is 0 Å². The summed E-state index contributed by atoms with van der Waals surface area (Å²) >= 11 is 0. The Bertz CT molecular complexity index is 1320. The van der Waals surface area contributed by atoms with Crippen LogP contribution in [0.4, 0.5) is 11.4 Å². The van der Waals surface area contributed by atoms with Crippen LogP contribution in [-0.4, -0.2) is 62.1 Å². The number of ether oxygens (including phenoxy) is 2. The first kappa shape index (κ1) is 28.7. The number of piperazine rings is 1. The second kappa shape index (κ2) is 12.7. The van der Waals surface area contributed by atoms with Crippen molar-refractivity contribution in [2.45, 2.75) is 33.1 Å². The lowest BCUT2D eigenvalue weighted by Gasteiger charge is -2.37. The van der Waals surface area contributed by atoms with Crippen molar-refractivity contribution in [3.63, 3.8) is 0 Å². The summed E-state index contributed by atoms with van der Waals surface area (Å²) in [7, 11) is 0. The topological polar surface area (TPSA) is 88.2 Å². The van der Waals surface area contributed by atoms with E-state index in [1.54, 1.807) is 19.1 Å². The molecule has 1 aliphatic heterocycles. The minimum atomic E-state index is -0.460. The Morgan fingerprint density at radius 2 is 1.52 bits per heavy atom. The molecule has 1 N–H and O–H groups in total. The number of carbonyl (C=O) groups is 3. The Kier molecular flexibility index (Phi) is 9.09. The van der Waals surface area contributed by atoms with Crippen molar-refractivity contribution < 1.29 is 23.9 Å². The molecule has 1 fully saturated rings. The predicted octanol–water partition coefficient (Wildman–Crippen LogP) is 5.14. The van der Waals surface area contributed by atoms with Gasteiger partial charge >= 0.3 is 5.97 Å². The van der Waals surface area contributed by atoms with Gasteiger partial charge < -0.3 is 24.6 Å². The van der Waals surface area contributed by atoms with Crippen LogP contribution in [0.25, 0.3) is 0 Å². The molecular formula is C32H37N3O5. The molecular weight excluding hydrogens is 506 g/mol. The van der Waals surface area contributed by atoms with Crippen LogP contribution in [0.3, 0.4) is 0 Å². The third kappa shape index (κ3) is 7.20. The molecule has 1 saturated heterocycles. The summed E-state index contributed by atoms with van der Waals surface area (Å²) in [4.78, 5) is 42.2. The minimum absolute atomic E-state index is 0.000818. The number of benzene rings is 3. The number of hydrogen-bond acceptors (Lipinski definition) is 6. The summed E-state index contributed by atoms with van der Waals surface area (Å²) in [5.41, 5.74) is 3.47. The number of rotatable bonds is 8. The Labute approximate surface area is 235 Å². The molecule has 40 heavy (non-hydrogen) atoms. The van der Waals surface area contributed by atoms with Crippen LogP contribution in [0.15, 0.2) is 72.8 Å². The molecule has 0 unspecified atom stereocenters. The molecule has 3 aromatic carbocycles. The minimum Gasteiger partial charge on any atom is -0.484 e. The normalized spacial score (nSPS) is 13.5. The molecule has 0 saturated carbocycles. The monoisotopic (exact) mass is 543 g/mol. The summed E-state index contributed by atoms with van der Waals surface area (Å²) < 4.78 is 10.9. The predicted molar refractivity (Wildman–Crippen MR) is 156 cm³/mol. The van der Waals surface area contributed by atoms with Gasteiger partial charge in [0.05, 0.1) is 23.5 Å². The molecule has 0 radical (unpaired) electrons. The molecule has 3 aromatic rings. The van der Waals surface area contributed by atoms with E-state index in [-0.39, 0.29) is 30.4 Å². The SMILES string of the molecule is CCOC(=O)c1ccc(N2CCN(C(=O)c3ccccc3)CC2)c(NC(=O)COc2ccc(C(C)(C)C)cc2)c1. The summed E-state index contributed by atoms with van der Waals surface area (Å²) in [6.07, 6.45) is 0. The van der Waals surface area contributed by atoms with E-state index in [1.165, 1.54) is 5.56 Å². The zero-order chi connectivity index (χ0) is 28.7. The number of anilines is 2. The van der Waals surface area contributed by atoms with Crippen molar-refractivity contribution >= 4 is 29.2 Å².